The minimum Gasteiger partial charge on any atom is -0.497 e. The number of carbonyl (C=O) groups is 1. The first-order valence-electron chi connectivity index (χ1n) is 11.0. The molecule has 7 nitrogen and oxygen atoms in total. The molecule has 0 N–H and O–H groups in total. The molecule has 178 valence electrons. The molecule has 0 saturated heterocycles. The van der Waals surface area contributed by atoms with Crippen LogP contribution in [0, 0.1) is 5.82 Å². The summed E-state index contributed by atoms with van der Waals surface area (Å²) in [7, 11) is 3.63. The molecule has 1 aliphatic heterocycles. The van der Waals surface area contributed by atoms with E-state index in [0.29, 0.717) is 18.0 Å². The van der Waals surface area contributed by atoms with Crippen LogP contribution in [0.5, 0.6) is 11.5 Å². The van der Waals surface area contributed by atoms with Gasteiger partial charge < -0.3 is 14.0 Å². The summed E-state index contributed by atoms with van der Waals surface area (Å²) in [6.45, 7) is 0.538. The maximum atomic E-state index is 13.1. The third kappa shape index (κ3) is 4.85. The topological polar surface area (TPSA) is 69.0 Å². The van der Waals surface area contributed by atoms with Crippen molar-refractivity contribution in [2.45, 2.75) is 0 Å². The fourth-order valence-corrected chi connectivity index (χ4v) is 4.65. The van der Waals surface area contributed by atoms with Gasteiger partial charge in [-0.3, -0.25) is 4.79 Å². The number of hydrogen-bond acceptors (Lipinski definition) is 6. The highest BCUT2D eigenvalue weighted by Gasteiger charge is 2.23. The number of ether oxygens (including phenoxy) is 2. The van der Waals surface area contributed by atoms with Crippen LogP contribution in [0.25, 0.3) is 22.4 Å². The van der Waals surface area contributed by atoms with Crippen LogP contribution >= 0.6 is 11.8 Å². The number of carbonyl (C=O) groups excluding carboxylic acids is 1. The normalized spacial score (nSPS) is 13.7. The molecule has 1 aliphatic rings. The molecule has 35 heavy (non-hydrogen) atoms. The van der Waals surface area contributed by atoms with Crippen LogP contribution < -0.4 is 9.47 Å². The Labute approximate surface area is 206 Å². The van der Waals surface area contributed by atoms with Crippen molar-refractivity contribution in [1.82, 2.24) is 14.6 Å². The number of amides is 1. The molecule has 2 heterocycles. The second kappa shape index (κ2) is 9.79. The zero-order valence-electron chi connectivity index (χ0n) is 19.3. The van der Waals surface area contributed by atoms with Gasteiger partial charge >= 0.3 is 5.24 Å². The quantitative estimate of drug-likeness (QED) is 0.350. The number of methoxy groups -OCH3 is 1. The van der Waals surface area contributed by atoms with Crippen LogP contribution in [-0.4, -0.2) is 51.5 Å². The Hall–Kier alpha value is -3.85. The lowest BCUT2D eigenvalue weighted by molar-refractivity contribution is 0.206. The fraction of sp³-hybridized carbons (Fsp3) is 0.192. The average molecular weight is 491 g/mol. The highest BCUT2D eigenvalue weighted by Crippen LogP contribution is 2.28. The number of nitrogens with zero attached hydrogens (tertiary/aromatic N) is 4. The van der Waals surface area contributed by atoms with Gasteiger partial charge in [-0.25, -0.2) is 14.4 Å². The number of rotatable bonds is 7. The number of benzene rings is 3. The molecule has 0 saturated carbocycles. The number of aryl methyl sites for hydroxylation is 1. The van der Waals surface area contributed by atoms with Gasteiger partial charge in [-0.2, -0.15) is 5.10 Å². The maximum absolute atomic E-state index is 13.1. The summed E-state index contributed by atoms with van der Waals surface area (Å²) in [5, 5.41) is 5.87. The van der Waals surface area contributed by atoms with E-state index in [0.717, 1.165) is 39.4 Å². The second-order valence-electron chi connectivity index (χ2n) is 7.96. The summed E-state index contributed by atoms with van der Waals surface area (Å²) in [4.78, 5) is 17.2. The number of fused-ring (bicyclic) bond motifs is 1. The van der Waals surface area contributed by atoms with Crippen molar-refractivity contribution in [3.8, 4) is 22.9 Å². The zero-order valence-corrected chi connectivity index (χ0v) is 20.1. The molecule has 1 aromatic heterocycles. The average Bonchev–Trinajstić information content (AvgIpc) is 3.22. The van der Waals surface area contributed by atoms with Gasteiger partial charge in [-0.1, -0.05) is 30.0 Å². The lowest BCUT2D eigenvalue weighted by atomic mass is 10.1. The van der Waals surface area contributed by atoms with Crippen LogP contribution in [0.3, 0.4) is 0 Å². The molecule has 0 radical (unpaired) electrons. The largest absolute Gasteiger partial charge is 0.497 e. The molecule has 0 unspecified atom stereocenters. The Balaban J connectivity index is 1.36. The van der Waals surface area contributed by atoms with Crippen molar-refractivity contribution < 1.29 is 18.7 Å². The predicted molar refractivity (Wildman–Crippen MR) is 136 cm³/mol. The number of aromatic nitrogens is 2. The summed E-state index contributed by atoms with van der Waals surface area (Å²) >= 11 is 1.20. The van der Waals surface area contributed by atoms with Crippen LogP contribution in [-0.2, 0) is 7.05 Å². The van der Waals surface area contributed by atoms with Crippen LogP contribution in [0.1, 0.15) is 5.56 Å². The zero-order chi connectivity index (χ0) is 24.4. The van der Waals surface area contributed by atoms with E-state index in [-0.39, 0.29) is 17.7 Å². The summed E-state index contributed by atoms with van der Waals surface area (Å²) in [5.41, 5.74) is 4.52. The molecule has 1 amide bonds. The second-order valence-corrected chi connectivity index (χ2v) is 8.88. The minimum absolute atomic E-state index is 0.129. The van der Waals surface area contributed by atoms with Gasteiger partial charge in [-0.05, 0) is 48.5 Å². The van der Waals surface area contributed by atoms with Gasteiger partial charge in [0.25, 0.3) is 0 Å². The van der Waals surface area contributed by atoms with E-state index >= 15 is 0 Å². The molecule has 3 aromatic carbocycles. The first-order valence-corrected chi connectivity index (χ1v) is 12.0. The third-order valence-electron chi connectivity index (χ3n) is 5.71. The highest BCUT2D eigenvalue weighted by molar-refractivity contribution is 8.14. The van der Waals surface area contributed by atoms with E-state index in [9.17, 15) is 9.18 Å². The van der Waals surface area contributed by atoms with E-state index in [2.05, 4.69) is 5.10 Å². The van der Waals surface area contributed by atoms with Crippen LogP contribution in [0.15, 0.2) is 71.8 Å². The van der Waals surface area contributed by atoms with Gasteiger partial charge in [0, 0.05) is 23.9 Å². The molecule has 0 atom stereocenters. The van der Waals surface area contributed by atoms with Crippen molar-refractivity contribution in [1.29, 1.82) is 0 Å². The number of imidazole rings is 1. The first kappa shape index (κ1) is 22.9. The molecule has 5 rings (SSSR count). The molecule has 0 fully saturated rings. The Morgan fingerprint density at radius 2 is 1.86 bits per heavy atom. The van der Waals surface area contributed by atoms with Gasteiger partial charge in [-0.15, -0.1) is 0 Å². The third-order valence-corrected chi connectivity index (χ3v) is 6.59. The summed E-state index contributed by atoms with van der Waals surface area (Å²) < 4.78 is 26.1. The number of thioether (sulfide) groups is 1. The smallest absolute Gasteiger partial charge is 0.302 e. The van der Waals surface area contributed by atoms with Crippen molar-refractivity contribution in [2.24, 2.45) is 12.1 Å². The minimum atomic E-state index is -0.324. The summed E-state index contributed by atoms with van der Waals surface area (Å²) in [5.74, 6) is 2.31. The fourth-order valence-electron chi connectivity index (χ4n) is 3.88. The molecule has 0 aliphatic carbocycles. The predicted octanol–water partition coefficient (Wildman–Crippen LogP) is 5.34. The van der Waals surface area contributed by atoms with Gasteiger partial charge in [0.2, 0.25) is 0 Å². The molecular formula is C26H23FN4O3S. The molecular weight excluding hydrogens is 467 g/mol. The Kier molecular flexibility index (Phi) is 6.41. The van der Waals surface area contributed by atoms with E-state index in [4.69, 9.17) is 14.5 Å². The first-order chi connectivity index (χ1) is 17.0. The van der Waals surface area contributed by atoms with Crippen LogP contribution in [0.2, 0.25) is 0 Å². The Bertz CT molecular complexity index is 1420. The lowest BCUT2D eigenvalue weighted by Crippen LogP contribution is -2.33. The van der Waals surface area contributed by atoms with E-state index < -0.39 is 0 Å². The number of hydrazone groups is 1. The summed E-state index contributed by atoms with van der Waals surface area (Å²) in [6.07, 6.45) is 0. The molecule has 9 heteroatoms. The Morgan fingerprint density at radius 3 is 2.66 bits per heavy atom. The SMILES string of the molecule is COc1cccc(-c2nc3cc(C4=NN(CCOc5ccc(F)cc5)C(=O)SC4)ccc3n2C)c1. The van der Waals surface area contributed by atoms with Crippen molar-refractivity contribution >= 4 is 33.7 Å². The highest BCUT2D eigenvalue weighted by atomic mass is 32.2. The van der Waals surface area contributed by atoms with E-state index in [1.165, 1.54) is 28.9 Å². The Morgan fingerprint density at radius 1 is 1.03 bits per heavy atom. The van der Waals surface area contributed by atoms with Gasteiger partial charge in [0.15, 0.2) is 0 Å². The number of hydrogen-bond donors (Lipinski definition) is 0. The van der Waals surface area contributed by atoms with Gasteiger partial charge in [0.05, 0.1) is 30.4 Å². The summed E-state index contributed by atoms with van der Waals surface area (Å²) in [6, 6.07) is 19.6. The number of halogens is 1. The molecule has 0 spiro atoms. The van der Waals surface area contributed by atoms with Crippen molar-refractivity contribution in [2.75, 3.05) is 26.0 Å². The molecule has 4 aromatic rings. The molecule has 0 bridgehead atoms. The van der Waals surface area contributed by atoms with Crippen molar-refractivity contribution in [3.05, 3.63) is 78.1 Å². The standard InChI is InChI=1S/C26H23FN4O3S/c1-30-24-11-6-17(15-22(24)28-25(30)18-4-3-5-21(14-18)33-2)23-16-35-26(32)31(29-23)12-13-34-20-9-7-19(27)8-10-20/h3-11,14-15H,12-13,16H2,1-2H3. The maximum Gasteiger partial charge on any atom is 0.302 e. The van der Waals surface area contributed by atoms with E-state index in [1.807, 2.05) is 54.1 Å². The van der Waals surface area contributed by atoms with Crippen molar-refractivity contribution in [3.63, 3.8) is 0 Å². The van der Waals surface area contributed by atoms with Gasteiger partial charge in [0.1, 0.15) is 29.7 Å². The van der Waals surface area contributed by atoms with Crippen LogP contribution in [0.4, 0.5) is 9.18 Å². The lowest BCUT2D eigenvalue weighted by Gasteiger charge is -2.23. The monoisotopic (exact) mass is 490 g/mol. The van der Waals surface area contributed by atoms with E-state index in [1.54, 1.807) is 19.2 Å².